The van der Waals surface area contributed by atoms with Gasteiger partial charge in [0.15, 0.2) is 11.4 Å². The lowest BCUT2D eigenvalue weighted by Crippen LogP contribution is -2.07. The molecule has 5 heteroatoms. The van der Waals surface area contributed by atoms with E-state index in [-0.39, 0.29) is 5.75 Å². The van der Waals surface area contributed by atoms with E-state index in [9.17, 15) is 4.79 Å². The van der Waals surface area contributed by atoms with Crippen LogP contribution in [-0.2, 0) is 4.79 Å². The molecule has 0 unspecified atom stereocenters. The maximum atomic E-state index is 10.8. The van der Waals surface area contributed by atoms with Crippen LogP contribution in [0.5, 0.6) is 0 Å². The second-order valence-corrected chi connectivity index (χ2v) is 5.73. The van der Waals surface area contributed by atoms with Gasteiger partial charge in [0.2, 0.25) is 0 Å². The van der Waals surface area contributed by atoms with Gasteiger partial charge in [-0.15, -0.1) is 0 Å². The lowest BCUT2D eigenvalue weighted by atomic mass is 10.1. The van der Waals surface area contributed by atoms with Crippen LogP contribution in [0.3, 0.4) is 0 Å². The molecule has 0 aliphatic carbocycles. The molecule has 0 fully saturated rings. The minimum atomic E-state index is -0.837. The summed E-state index contributed by atoms with van der Waals surface area (Å²) in [5, 5.41) is 9.57. The molecule has 0 radical (unpaired) electrons. The van der Waals surface area contributed by atoms with Crippen LogP contribution in [0.2, 0.25) is 0 Å². The van der Waals surface area contributed by atoms with Crippen molar-refractivity contribution < 1.29 is 14.9 Å². The SMILES string of the molecule is O=C(O)CSc1[nH]c(-c2ccccc2)c(-c2ccccc2)[nH+]1. The number of hydrogen-bond acceptors (Lipinski definition) is 2. The second kappa shape index (κ2) is 6.49. The molecule has 1 heterocycles. The van der Waals surface area contributed by atoms with E-state index in [1.54, 1.807) is 0 Å². The molecule has 2 aromatic carbocycles. The molecule has 0 saturated heterocycles. The fourth-order valence-electron chi connectivity index (χ4n) is 2.23. The molecule has 0 spiro atoms. The van der Waals surface area contributed by atoms with Crippen molar-refractivity contribution >= 4 is 17.7 Å². The number of nitrogens with one attached hydrogen (secondary N) is 2. The number of rotatable bonds is 5. The minimum absolute atomic E-state index is 0.0134. The average molecular weight is 311 g/mol. The maximum Gasteiger partial charge on any atom is 0.315 e. The van der Waals surface area contributed by atoms with E-state index in [4.69, 9.17) is 5.11 Å². The third kappa shape index (κ3) is 3.20. The van der Waals surface area contributed by atoms with Crippen LogP contribution in [0, 0.1) is 0 Å². The Balaban J connectivity index is 2.04. The van der Waals surface area contributed by atoms with Crippen molar-refractivity contribution in [1.29, 1.82) is 0 Å². The zero-order valence-corrected chi connectivity index (χ0v) is 12.6. The first kappa shape index (κ1) is 14.4. The van der Waals surface area contributed by atoms with Crippen LogP contribution >= 0.6 is 11.8 Å². The topological polar surface area (TPSA) is 67.2 Å². The van der Waals surface area contributed by atoms with Gasteiger partial charge in [-0.3, -0.25) is 4.79 Å². The molecule has 0 amide bonds. The molecule has 0 bridgehead atoms. The highest BCUT2D eigenvalue weighted by molar-refractivity contribution is 7.99. The predicted molar refractivity (Wildman–Crippen MR) is 86.6 cm³/mol. The molecule has 0 aliphatic rings. The number of thioether (sulfide) groups is 1. The number of aromatic amines is 2. The monoisotopic (exact) mass is 311 g/mol. The first-order chi connectivity index (χ1) is 10.7. The van der Waals surface area contributed by atoms with Crippen molar-refractivity contribution in [3.05, 3.63) is 60.7 Å². The van der Waals surface area contributed by atoms with Gasteiger partial charge in [0.05, 0.1) is 0 Å². The highest BCUT2D eigenvalue weighted by atomic mass is 32.2. The highest BCUT2D eigenvalue weighted by Gasteiger charge is 2.21. The fraction of sp³-hybridized carbons (Fsp3) is 0.0588. The molecule has 3 N–H and O–H groups in total. The predicted octanol–water partition coefficient (Wildman–Crippen LogP) is 3.34. The van der Waals surface area contributed by atoms with Crippen molar-refractivity contribution in [2.75, 3.05) is 5.75 Å². The molecule has 1 aromatic heterocycles. The third-order valence-electron chi connectivity index (χ3n) is 3.19. The number of imidazole rings is 1. The Labute approximate surface area is 132 Å². The van der Waals surface area contributed by atoms with Gasteiger partial charge in [0, 0.05) is 11.1 Å². The van der Waals surface area contributed by atoms with Crippen LogP contribution < -0.4 is 4.98 Å². The number of aromatic nitrogens is 2. The summed E-state index contributed by atoms with van der Waals surface area (Å²) in [5.41, 5.74) is 4.03. The van der Waals surface area contributed by atoms with Crippen LogP contribution in [0.4, 0.5) is 0 Å². The van der Waals surface area contributed by atoms with Crippen LogP contribution in [0.25, 0.3) is 22.5 Å². The molecule has 0 aliphatic heterocycles. The van der Waals surface area contributed by atoms with Crippen molar-refractivity contribution in [2.24, 2.45) is 0 Å². The summed E-state index contributed by atoms with van der Waals surface area (Å²) in [5.74, 6) is -0.824. The second-order valence-electron chi connectivity index (χ2n) is 4.74. The molecule has 3 rings (SSSR count). The average Bonchev–Trinajstić information content (AvgIpc) is 2.99. The number of carbonyl (C=O) groups is 1. The molecular formula is C17H15N2O2S+. The Hall–Kier alpha value is -2.53. The minimum Gasteiger partial charge on any atom is -0.481 e. The van der Waals surface area contributed by atoms with E-state index >= 15 is 0 Å². The van der Waals surface area contributed by atoms with Gasteiger partial charge in [-0.1, -0.05) is 60.7 Å². The molecule has 22 heavy (non-hydrogen) atoms. The van der Waals surface area contributed by atoms with E-state index in [1.807, 2.05) is 60.7 Å². The summed E-state index contributed by atoms with van der Waals surface area (Å²) < 4.78 is 0. The molecule has 4 nitrogen and oxygen atoms in total. The molecule has 0 saturated carbocycles. The summed E-state index contributed by atoms with van der Waals surface area (Å²) >= 11 is 1.24. The summed E-state index contributed by atoms with van der Waals surface area (Å²) in [7, 11) is 0. The normalized spacial score (nSPS) is 10.5. The molecule has 110 valence electrons. The van der Waals surface area contributed by atoms with E-state index in [0.717, 1.165) is 27.7 Å². The van der Waals surface area contributed by atoms with Gasteiger partial charge < -0.3 is 5.11 Å². The van der Waals surface area contributed by atoms with Crippen LogP contribution in [0.15, 0.2) is 65.8 Å². The summed E-state index contributed by atoms with van der Waals surface area (Å²) in [6.07, 6.45) is 0. The third-order valence-corrected chi connectivity index (χ3v) is 4.08. The van der Waals surface area contributed by atoms with Crippen molar-refractivity contribution in [1.82, 2.24) is 4.98 Å². The van der Waals surface area contributed by atoms with E-state index in [0.29, 0.717) is 0 Å². The van der Waals surface area contributed by atoms with Gasteiger partial charge >= 0.3 is 11.1 Å². The summed E-state index contributed by atoms with van der Waals surface area (Å²) in [4.78, 5) is 17.3. The highest BCUT2D eigenvalue weighted by Crippen LogP contribution is 2.29. The Kier molecular flexibility index (Phi) is 4.25. The quantitative estimate of drug-likeness (QED) is 0.710. The Morgan fingerprint density at radius 3 is 2.18 bits per heavy atom. The Morgan fingerprint density at radius 2 is 1.59 bits per heavy atom. The Morgan fingerprint density at radius 1 is 1.00 bits per heavy atom. The fourth-order valence-corrected chi connectivity index (χ4v) is 2.85. The van der Waals surface area contributed by atoms with E-state index in [2.05, 4.69) is 9.97 Å². The zero-order chi connectivity index (χ0) is 15.4. The van der Waals surface area contributed by atoms with Gasteiger partial charge in [-0.25, -0.2) is 9.97 Å². The van der Waals surface area contributed by atoms with Gasteiger partial charge in [0.25, 0.3) is 0 Å². The standard InChI is InChI=1S/C17H14N2O2S/c20-14(21)11-22-17-18-15(12-7-3-1-4-8-12)16(19-17)13-9-5-2-6-10-13/h1-10H,11H2,(H,18,19)(H,20,21)/p+1. The Bertz CT molecular complexity index is 713. The zero-order valence-electron chi connectivity index (χ0n) is 11.7. The van der Waals surface area contributed by atoms with Gasteiger partial charge in [-0.05, 0) is 11.8 Å². The summed E-state index contributed by atoms with van der Waals surface area (Å²) in [6.45, 7) is 0. The number of carboxylic acids is 1. The number of H-pyrrole nitrogens is 2. The maximum absolute atomic E-state index is 10.8. The number of benzene rings is 2. The van der Waals surface area contributed by atoms with Gasteiger partial charge in [-0.2, -0.15) is 0 Å². The molecule has 0 atom stereocenters. The summed E-state index contributed by atoms with van der Waals surface area (Å²) in [6, 6.07) is 20.0. The van der Waals surface area contributed by atoms with Gasteiger partial charge in [0.1, 0.15) is 5.75 Å². The number of hydrogen-bond donors (Lipinski definition) is 2. The smallest absolute Gasteiger partial charge is 0.315 e. The molecule has 3 aromatic rings. The first-order valence-electron chi connectivity index (χ1n) is 6.85. The lowest BCUT2D eigenvalue weighted by molar-refractivity contribution is -0.413. The number of carboxylic acid groups (broad SMARTS) is 1. The van der Waals surface area contributed by atoms with E-state index < -0.39 is 5.97 Å². The van der Waals surface area contributed by atoms with Crippen molar-refractivity contribution in [3.63, 3.8) is 0 Å². The largest absolute Gasteiger partial charge is 0.481 e. The van der Waals surface area contributed by atoms with Crippen molar-refractivity contribution in [3.8, 4) is 22.5 Å². The lowest BCUT2D eigenvalue weighted by Gasteiger charge is -1.98. The van der Waals surface area contributed by atoms with E-state index in [1.165, 1.54) is 11.8 Å². The van der Waals surface area contributed by atoms with Crippen LogP contribution in [0.1, 0.15) is 0 Å². The molecular weight excluding hydrogens is 296 g/mol. The number of aliphatic carboxylic acids is 1. The van der Waals surface area contributed by atoms with Crippen molar-refractivity contribution in [2.45, 2.75) is 5.16 Å². The first-order valence-corrected chi connectivity index (χ1v) is 7.83. The van der Waals surface area contributed by atoms with Crippen LogP contribution in [-0.4, -0.2) is 21.8 Å².